The van der Waals surface area contributed by atoms with Gasteiger partial charge in [-0.1, -0.05) is 6.92 Å². The molecule has 15 heavy (non-hydrogen) atoms. The van der Waals surface area contributed by atoms with Crippen molar-refractivity contribution in [1.29, 1.82) is 0 Å². The van der Waals surface area contributed by atoms with Crippen molar-refractivity contribution in [3.8, 4) is 0 Å². The normalized spacial score (nSPS) is 11.1. The number of nitrogens with zero attached hydrogens (tertiary/aromatic N) is 3. The van der Waals surface area contributed by atoms with Gasteiger partial charge in [0, 0.05) is 31.4 Å². The van der Waals surface area contributed by atoms with E-state index >= 15 is 0 Å². The molecule has 2 heterocycles. The third kappa shape index (κ3) is 1.45. The molecule has 0 bridgehead atoms. The lowest BCUT2D eigenvalue weighted by molar-refractivity contribution is 0.759. The summed E-state index contributed by atoms with van der Waals surface area (Å²) in [5.41, 5.74) is 7.96. The molecule has 0 unspecified atom stereocenters. The van der Waals surface area contributed by atoms with Crippen molar-refractivity contribution >= 4 is 5.65 Å². The summed E-state index contributed by atoms with van der Waals surface area (Å²) in [5.74, 6) is 0. The zero-order valence-electron chi connectivity index (χ0n) is 8.90. The lowest BCUT2D eigenvalue weighted by atomic mass is 10.3. The Morgan fingerprint density at radius 1 is 1.47 bits per heavy atom. The Kier molecular flexibility index (Phi) is 2.32. The minimum Gasteiger partial charge on any atom is -0.331 e. The van der Waals surface area contributed by atoms with Crippen LogP contribution in [0.4, 0.5) is 0 Å². The van der Waals surface area contributed by atoms with Gasteiger partial charge in [-0.2, -0.15) is 9.61 Å². The van der Waals surface area contributed by atoms with Gasteiger partial charge in [0.15, 0.2) is 0 Å². The van der Waals surface area contributed by atoms with E-state index in [0.29, 0.717) is 6.54 Å². The van der Waals surface area contributed by atoms with Crippen LogP contribution in [0, 0.1) is 0 Å². The summed E-state index contributed by atoms with van der Waals surface area (Å²) in [4.78, 5) is 11.7. The lowest BCUT2D eigenvalue weighted by Crippen LogP contribution is -2.21. The van der Waals surface area contributed by atoms with Gasteiger partial charge in [0.05, 0.1) is 5.69 Å². The van der Waals surface area contributed by atoms with Crippen LogP contribution < -0.4 is 11.3 Å². The monoisotopic (exact) mass is 206 g/mol. The lowest BCUT2D eigenvalue weighted by Gasteiger charge is -2.07. The maximum Gasteiger partial charge on any atom is 0.274 e. The zero-order valence-corrected chi connectivity index (χ0v) is 8.90. The van der Waals surface area contributed by atoms with Crippen LogP contribution in [-0.4, -0.2) is 14.2 Å². The smallest absolute Gasteiger partial charge is 0.274 e. The van der Waals surface area contributed by atoms with E-state index in [0.717, 1.165) is 23.5 Å². The molecule has 0 saturated heterocycles. The molecule has 0 aliphatic heterocycles. The predicted molar refractivity (Wildman–Crippen MR) is 57.7 cm³/mol. The van der Waals surface area contributed by atoms with E-state index in [1.54, 1.807) is 0 Å². The Bertz CT molecular complexity index is 552. The van der Waals surface area contributed by atoms with Crippen molar-refractivity contribution in [2.45, 2.75) is 19.9 Å². The highest BCUT2D eigenvalue weighted by atomic mass is 16.1. The van der Waals surface area contributed by atoms with Gasteiger partial charge in [-0.15, -0.1) is 0 Å². The highest BCUT2D eigenvalue weighted by molar-refractivity contribution is 5.41. The van der Waals surface area contributed by atoms with E-state index in [1.807, 2.05) is 24.6 Å². The van der Waals surface area contributed by atoms with Crippen molar-refractivity contribution in [2.24, 2.45) is 12.8 Å². The molecule has 2 aromatic heterocycles. The van der Waals surface area contributed by atoms with Gasteiger partial charge in [0.25, 0.3) is 5.56 Å². The summed E-state index contributed by atoms with van der Waals surface area (Å²) >= 11 is 0. The quantitative estimate of drug-likeness (QED) is 0.755. The van der Waals surface area contributed by atoms with Crippen molar-refractivity contribution in [3.63, 3.8) is 0 Å². The molecule has 0 atom stereocenters. The number of hydrogen-bond donors (Lipinski definition) is 1. The Morgan fingerprint density at radius 2 is 2.20 bits per heavy atom. The molecule has 0 aromatic carbocycles. The second-order valence-electron chi connectivity index (χ2n) is 3.50. The van der Waals surface area contributed by atoms with Crippen LogP contribution in [0.15, 0.2) is 16.9 Å². The second-order valence-corrected chi connectivity index (χ2v) is 3.50. The molecule has 0 spiro atoms. The minimum absolute atomic E-state index is 0.122. The molecular formula is C10H14N4O. The number of hydrogen-bond acceptors (Lipinski definition) is 3. The van der Waals surface area contributed by atoms with Crippen molar-refractivity contribution < 1.29 is 0 Å². The number of rotatable bonds is 2. The second kappa shape index (κ2) is 3.51. The van der Waals surface area contributed by atoms with Gasteiger partial charge < -0.3 is 10.3 Å². The van der Waals surface area contributed by atoms with E-state index in [9.17, 15) is 4.79 Å². The zero-order chi connectivity index (χ0) is 11.0. The van der Waals surface area contributed by atoms with Crippen LogP contribution >= 0.6 is 0 Å². The summed E-state index contributed by atoms with van der Waals surface area (Å²) in [6.07, 6.45) is 0.819. The topological polar surface area (TPSA) is 65.3 Å². The summed E-state index contributed by atoms with van der Waals surface area (Å²) < 4.78 is 3.31. The Balaban J connectivity index is 2.84. The van der Waals surface area contributed by atoms with E-state index < -0.39 is 0 Å². The molecule has 80 valence electrons. The van der Waals surface area contributed by atoms with Crippen LogP contribution in [0.3, 0.4) is 0 Å². The van der Waals surface area contributed by atoms with Crippen molar-refractivity contribution in [2.75, 3.05) is 0 Å². The van der Waals surface area contributed by atoms with Crippen molar-refractivity contribution in [3.05, 3.63) is 33.9 Å². The SMILES string of the molecule is CCc1cc2n(C)c(CN)cc(=O)n2n1. The molecule has 0 saturated carbocycles. The average Bonchev–Trinajstić information content (AvgIpc) is 2.68. The van der Waals surface area contributed by atoms with Gasteiger partial charge in [0.2, 0.25) is 0 Å². The first-order chi connectivity index (χ1) is 7.17. The summed E-state index contributed by atoms with van der Waals surface area (Å²) in [5, 5.41) is 4.21. The average molecular weight is 206 g/mol. The largest absolute Gasteiger partial charge is 0.331 e. The Labute approximate surface area is 87.1 Å². The van der Waals surface area contributed by atoms with Crippen LogP contribution in [-0.2, 0) is 20.0 Å². The molecule has 5 nitrogen and oxygen atoms in total. The van der Waals surface area contributed by atoms with E-state index in [-0.39, 0.29) is 5.56 Å². The fraction of sp³-hybridized carbons (Fsp3) is 0.400. The fourth-order valence-electron chi connectivity index (χ4n) is 1.64. The van der Waals surface area contributed by atoms with Crippen LogP contribution in [0.2, 0.25) is 0 Å². The highest BCUT2D eigenvalue weighted by Gasteiger charge is 2.07. The Hall–Kier alpha value is -1.62. The van der Waals surface area contributed by atoms with E-state index in [4.69, 9.17) is 5.73 Å². The number of nitrogens with two attached hydrogens (primary N) is 1. The number of fused-ring (bicyclic) bond motifs is 1. The van der Waals surface area contributed by atoms with E-state index in [2.05, 4.69) is 5.10 Å². The standard InChI is InChI=1S/C10H14N4O/c1-3-7-4-9-13(2)8(6-11)5-10(15)14(9)12-7/h4-5H,3,6,11H2,1-2H3. The molecule has 0 fully saturated rings. The first-order valence-corrected chi connectivity index (χ1v) is 4.95. The molecule has 0 radical (unpaired) electrons. The molecule has 0 amide bonds. The number of aryl methyl sites for hydroxylation is 2. The molecule has 0 aliphatic carbocycles. The summed E-state index contributed by atoms with van der Waals surface area (Å²) in [7, 11) is 1.89. The van der Waals surface area contributed by atoms with Gasteiger partial charge in [0.1, 0.15) is 5.65 Å². The Morgan fingerprint density at radius 3 is 2.80 bits per heavy atom. The van der Waals surface area contributed by atoms with Gasteiger partial charge in [-0.05, 0) is 6.42 Å². The summed E-state index contributed by atoms with van der Waals surface area (Å²) in [6, 6.07) is 3.44. The van der Waals surface area contributed by atoms with Gasteiger partial charge >= 0.3 is 0 Å². The van der Waals surface area contributed by atoms with E-state index in [1.165, 1.54) is 10.6 Å². The summed E-state index contributed by atoms with van der Waals surface area (Å²) in [6.45, 7) is 2.37. The van der Waals surface area contributed by atoms with Crippen LogP contribution in [0.1, 0.15) is 18.3 Å². The van der Waals surface area contributed by atoms with Crippen LogP contribution in [0.25, 0.3) is 5.65 Å². The van der Waals surface area contributed by atoms with Crippen molar-refractivity contribution in [1.82, 2.24) is 14.2 Å². The minimum atomic E-state index is -0.122. The van der Waals surface area contributed by atoms with Crippen LogP contribution in [0.5, 0.6) is 0 Å². The molecule has 2 rings (SSSR count). The third-order valence-electron chi connectivity index (χ3n) is 2.59. The molecule has 5 heteroatoms. The first kappa shape index (κ1) is 9.92. The molecule has 2 N–H and O–H groups in total. The molecular weight excluding hydrogens is 192 g/mol. The fourth-order valence-corrected chi connectivity index (χ4v) is 1.64. The predicted octanol–water partition coefficient (Wildman–Crippen LogP) is 0.0541. The maximum absolute atomic E-state index is 11.7. The third-order valence-corrected chi connectivity index (χ3v) is 2.59. The highest BCUT2D eigenvalue weighted by Crippen LogP contribution is 2.06. The maximum atomic E-state index is 11.7. The number of aromatic nitrogens is 3. The molecule has 0 aliphatic rings. The first-order valence-electron chi connectivity index (χ1n) is 4.95. The van der Waals surface area contributed by atoms with Gasteiger partial charge in [-0.3, -0.25) is 4.79 Å². The molecule has 2 aromatic rings. The van der Waals surface area contributed by atoms with Gasteiger partial charge in [-0.25, -0.2) is 0 Å².